The SMILES string of the molecule is CCC1CNCCN1C1CC1c1ccccc1. The van der Waals surface area contributed by atoms with Crippen molar-refractivity contribution >= 4 is 0 Å². The van der Waals surface area contributed by atoms with Crippen molar-refractivity contribution in [1.29, 1.82) is 0 Å². The van der Waals surface area contributed by atoms with E-state index < -0.39 is 0 Å². The molecule has 2 fully saturated rings. The summed E-state index contributed by atoms with van der Waals surface area (Å²) in [4.78, 5) is 2.74. The summed E-state index contributed by atoms with van der Waals surface area (Å²) in [7, 11) is 0. The Bertz CT molecular complexity index is 362. The number of hydrogen-bond acceptors (Lipinski definition) is 2. The quantitative estimate of drug-likeness (QED) is 0.856. The second-order valence-electron chi connectivity index (χ2n) is 5.32. The van der Waals surface area contributed by atoms with Gasteiger partial charge in [0.15, 0.2) is 0 Å². The van der Waals surface area contributed by atoms with Gasteiger partial charge in [-0.1, -0.05) is 37.3 Å². The van der Waals surface area contributed by atoms with Gasteiger partial charge in [0.1, 0.15) is 0 Å². The van der Waals surface area contributed by atoms with Gasteiger partial charge in [0.2, 0.25) is 0 Å². The van der Waals surface area contributed by atoms with Crippen LogP contribution in [0.2, 0.25) is 0 Å². The van der Waals surface area contributed by atoms with Gasteiger partial charge >= 0.3 is 0 Å². The molecule has 1 saturated heterocycles. The Labute approximate surface area is 104 Å². The van der Waals surface area contributed by atoms with Crippen molar-refractivity contribution in [2.24, 2.45) is 0 Å². The van der Waals surface area contributed by atoms with Crippen molar-refractivity contribution in [2.45, 2.75) is 37.8 Å². The molecule has 0 radical (unpaired) electrons. The van der Waals surface area contributed by atoms with Gasteiger partial charge in [-0.3, -0.25) is 4.90 Å². The fourth-order valence-corrected chi connectivity index (χ4v) is 3.20. The molecule has 1 aliphatic heterocycles. The minimum atomic E-state index is 0.752. The third-order valence-electron chi connectivity index (χ3n) is 4.28. The highest BCUT2D eigenvalue weighted by Crippen LogP contribution is 2.45. The smallest absolute Gasteiger partial charge is 0.0221 e. The maximum absolute atomic E-state index is 3.51. The number of benzene rings is 1. The molecule has 3 rings (SSSR count). The lowest BCUT2D eigenvalue weighted by Crippen LogP contribution is -2.52. The monoisotopic (exact) mass is 230 g/mol. The van der Waals surface area contributed by atoms with E-state index in [4.69, 9.17) is 0 Å². The van der Waals surface area contributed by atoms with Crippen LogP contribution in [0.25, 0.3) is 0 Å². The van der Waals surface area contributed by atoms with Gasteiger partial charge in [-0.25, -0.2) is 0 Å². The summed E-state index contributed by atoms with van der Waals surface area (Å²) in [6, 6.07) is 12.6. The standard InChI is InChI=1S/C15H22N2/c1-2-13-11-16-8-9-17(13)15-10-14(15)12-6-4-3-5-7-12/h3-7,13-16H,2,8-11H2,1H3. The Balaban J connectivity index is 1.67. The van der Waals surface area contributed by atoms with Crippen molar-refractivity contribution in [1.82, 2.24) is 10.2 Å². The molecule has 2 heteroatoms. The third kappa shape index (κ3) is 2.24. The first kappa shape index (κ1) is 11.2. The summed E-state index contributed by atoms with van der Waals surface area (Å²) in [5.41, 5.74) is 1.53. The van der Waals surface area contributed by atoms with E-state index in [9.17, 15) is 0 Å². The minimum Gasteiger partial charge on any atom is -0.314 e. The second kappa shape index (κ2) is 4.79. The highest BCUT2D eigenvalue weighted by atomic mass is 15.3. The van der Waals surface area contributed by atoms with Crippen molar-refractivity contribution in [2.75, 3.05) is 19.6 Å². The average molecular weight is 230 g/mol. The molecule has 0 bridgehead atoms. The van der Waals surface area contributed by atoms with E-state index in [1.165, 1.54) is 31.5 Å². The first-order valence-corrected chi connectivity index (χ1v) is 6.91. The molecular formula is C15H22N2. The highest BCUT2D eigenvalue weighted by molar-refractivity contribution is 5.28. The van der Waals surface area contributed by atoms with Crippen LogP contribution >= 0.6 is 0 Å². The molecule has 0 amide bonds. The van der Waals surface area contributed by atoms with Gasteiger partial charge in [-0.2, -0.15) is 0 Å². The van der Waals surface area contributed by atoms with Crippen molar-refractivity contribution in [3.63, 3.8) is 0 Å². The molecule has 3 atom stereocenters. The zero-order valence-electron chi connectivity index (χ0n) is 10.6. The topological polar surface area (TPSA) is 15.3 Å². The summed E-state index contributed by atoms with van der Waals surface area (Å²) in [6.45, 7) is 5.88. The van der Waals surface area contributed by atoms with E-state index in [1.807, 2.05) is 0 Å². The lowest BCUT2D eigenvalue weighted by molar-refractivity contribution is 0.145. The Hall–Kier alpha value is -0.860. The van der Waals surface area contributed by atoms with Crippen LogP contribution in [-0.4, -0.2) is 36.6 Å². The van der Waals surface area contributed by atoms with Crippen LogP contribution in [0.5, 0.6) is 0 Å². The average Bonchev–Trinajstić information content (AvgIpc) is 3.20. The van der Waals surface area contributed by atoms with Gasteiger partial charge in [0.05, 0.1) is 0 Å². The van der Waals surface area contributed by atoms with Gasteiger partial charge in [0, 0.05) is 37.6 Å². The number of piperazine rings is 1. The fourth-order valence-electron chi connectivity index (χ4n) is 3.20. The van der Waals surface area contributed by atoms with E-state index in [1.54, 1.807) is 0 Å². The molecule has 1 N–H and O–H groups in total. The molecule has 2 aliphatic rings. The molecule has 92 valence electrons. The van der Waals surface area contributed by atoms with Gasteiger partial charge in [-0.05, 0) is 18.4 Å². The predicted molar refractivity (Wildman–Crippen MR) is 71.2 cm³/mol. The lowest BCUT2D eigenvalue weighted by Gasteiger charge is -2.36. The molecule has 1 heterocycles. The first-order chi connectivity index (χ1) is 8.40. The van der Waals surface area contributed by atoms with E-state index >= 15 is 0 Å². The molecule has 17 heavy (non-hydrogen) atoms. The summed E-state index contributed by atoms with van der Waals surface area (Å²) >= 11 is 0. The summed E-state index contributed by atoms with van der Waals surface area (Å²) < 4.78 is 0. The van der Waals surface area contributed by atoms with Crippen LogP contribution in [0, 0.1) is 0 Å². The number of rotatable bonds is 3. The number of nitrogens with zero attached hydrogens (tertiary/aromatic N) is 1. The van der Waals surface area contributed by atoms with Gasteiger partial charge in [-0.15, -0.1) is 0 Å². The molecule has 0 aromatic heterocycles. The first-order valence-electron chi connectivity index (χ1n) is 6.91. The summed E-state index contributed by atoms with van der Waals surface area (Å²) in [5, 5.41) is 3.51. The molecule has 1 saturated carbocycles. The normalized spacial score (nSPS) is 33.6. The maximum atomic E-state index is 3.51. The van der Waals surface area contributed by atoms with Crippen molar-refractivity contribution in [3.05, 3.63) is 35.9 Å². The second-order valence-corrected chi connectivity index (χ2v) is 5.32. The van der Waals surface area contributed by atoms with E-state index in [0.29, 0.717) is 0 Å². The predicted octanol–water partition coefficient (Wildman–Crippen LogP) is 2.23. The Kier molecular flexibility index (Phi) is 3.17. The van der Waals surface area contributed by atoms with Crippen LogP contribution in [0.3, 0.4) is 0 Å². The van der Waals surface area contributed by atoms with Crippen LogP contribution in [0.15, 0.2) is 30.3 Å². The molecule has 3 unspecified atom stereocenters. The molecule has 1 aromatic rings. The molecule has 0 spiro atoms. The van der Waals surface area contributed by atoms with Crippen LogP contribution in [0.4, 0.5) is 0 Å². The van der Waals surface area contributed by atoms with E-state index in [-0.39, 0.29) is 0 Å². The lowest BCUT2D eigenvalue weighted by atomic mass is 10.1. The Morgan fingerprint density at radius 1 is 1.29 bits per heavy atom. The Morgan fingerprint density at radius 2 is 2.12 bits per heavy atom. The fraction of sp³-hybridized carbons (Fsp3) is 0.600. The number of nitrogens with one attached hydrogen (secondary N) is 1. The van der Waals surface area contributed by atoms with E-state index in [2.05, 4.69) is 47.5 Å². The zero-order valence-corrected chi connectivity index (χ0v) is 10.6. The molecule has 1 aliphatic carbocycles. The number of hydrogen-bond donors (Lipinski definition) is 1. The maximum Gasteiger partial charge on any atom is 0.0221 e. The van der Waals surface area contributed by atoms with Crippen LogP contribution in [0.1, 0.15) is 31.2 Å². The van der Waals surface area contributed by atoms with Crippen molar-refractivity contribution < 1.29 is 0 Å². The molecule has 2 nitrogen and oxygen atoms in total. The third-order valence-corrected chi connectivity index (χ3v) is 4.28. The summed E-state index contributed by atoms with van der Waals surface area (Å²) in [5.74, 6) is 0.795. The largest absolute Gasteiger partial charge is 0.314 e. The van der Waals surface area contributed by atoms with Crippen LogP contribution in [-0.2, 0) is 0 Å². The van der Waals surface area contributed by atoms with Crippen molar-refractivity contribution in [3.8, 4) is 0 Å². The minimum absolute atomic E-state index is 0.752. The molecule has 1 aromatic carbocycles. The zero-order chi connectivity index (χ0) is 11.7. The van der Waals surface area contributed by atoms with Crippen LogP contribution < -0.4 is 5.32 Å². The Morgan fingerprint density at radius 3 is 2.88 bits per heavy atom. The van der Waals surface area contributed by atoms with Gasteiger partial charge in [0.25, 0.3) is 0 Å². The van der Waals surface area contributed by atoms with E-state index in [0.717, 1.165) is 24.5 Å². The molecular weight excluding hydrogens is 208 g/mol. The summed E-state index contributed by atoms with van der Waals surface area (Å²) in [6.07, 6.45) is 2.63. The highest BCUT2D eigenvalue weighted by Gasteiger charge is 2.44. The van der Waals surface area contributed by atoms with Gasteiger partial charge < -0.3 is 5.32 Å².